The van der Waals surface area contributed by atoms with Gasteiger partial charge in [-0.3, -0.25) is 4.79 Å². The number of anilines is 1. The lowest BCUT2D eigenvalue weighted by Gasteiger charge is -2.21. The number of nitrogens with zero attached hydrogens (tertiary/aromatic N) is 2. The molecule has 0 spiro atoms. The fraction of sp³-hybridized carbons (Fsp3) is 0.200. The van der Waals surface area contributed by atoms with Crippen molar-refractivity contribution in [3.63, 3.8) is 0 Å². The lowest BCUT2D eigenvalue weighted by Crippen LogP contribution is -2.29. The van der Waals surface area contributed by atoms with E-state index >= 15 is 0 Å². The number of carbonyl (C=O) groups is 1. The Balaban J connectivity index is 1.90. The van der Waals surface area contributed by atoms with Crippen molar-refractivity contribution >= 4 is 29.0 Å². The summed E-state index contributed by atoms with van der Waals surface area (Å²) in [5.41, 5.74) is 3.77. The Morgan fingerprint density at radius 2 is 1.96 bits per heavy atom. The molecular formula is C20H20N2O2S. The van der Waals surface area contributed by atoms with Crippen molar-refractivity contribution in [2.75, 3.05) is 4.90 Å². The molecule has 5 heteroatoms. The third-order valence-electron chi connectivity index (χ3n) is 4.11. The highest BCUT2D eigenvalue weighted by molar-refractivity contribution is 7.11. The average molecular weight is 352 g/mol. The Kier molecular flexibility index (Phi) is 5.14. The molecule has 0 aliphatic rings. The van der Waals surface area contributed by atoms with Gasteiger partial charge in [0.15, 0.2) is 0 Å². The van der Waals surface area contributed by atoms with Crippen LogP contribution in [-0.4, -0.2) is 11.1 Å². The van der Waals surface area contributed by atoms with Gasteiger partial charge in [0.2, 0.25) is 0 Å². The third kappa shape index (κ3) is 3.88. The van der Waals surface area contributed by atoms with Gasteiger partial charge in [-0.2, -0.15) is 0 Å². The second-order valence-corrected chi connectivity index (χ2v) is 6.81. The number of aromatic nitrogens is 1. The van der Waals surface area contributed by atoms with Gasteiger partial charge in [0.1, 0.15) is 5.76 Å². The second kappa shape index (κ2) is 7.49. The fourth-order valence-corrected chi connectivity index (χ4v) is 3.40. The summed E-state index contributed by atoms with van der Waals surface area (Å²) in [6.07, 6.45) is 3.51. The van der Waals surface area contributed by atoms with Crippen molar-refractivity contribution in [1.29, 1.82) is 0 Å². The van der Waals surface area contributed by atoms with Crippen LogP contribution in [0.5, 0.6) is 0 Å². The first-order valence-electron chi connectivity index (χ1n) is 8.06. The first-order valence-corrected chi connectivity index (χ1v) is 8.94. The molecule has 0 atom stereocenters. The predicted octanol–water partition coefficient (Wildman–Crippen LogP) is 4.91. The van der Waals surface area contributed by atoms with Gasteiger partial charge in [-0.1, -0.05) is 23.4 Å². The maximum Gasteiger partial charge on any atom is 0.251 e. The Morgan fingerprint density at radius 3 is 2.56 bits per heavy atom. The van der Waals surface area contributed by atoms with Crippen LogP contribution >= 0.6 is 11.3 Å². The Labute approximate surface area is 151 Å². The summed E-state index contributed by atoms with van der Waals surface area (Å²) in [4.78, 5) is 15.7. The SMILES string of the molecule is Cc1ccsc1/C=C/C(=O)N(Cc1c(C)noc1C)c1ccccc1. The average Bonchev–Trinajstić information content (AvgIpc) is 3.17. The van der Waals surface area contributed by atoms with E-state index in [0.717, 1.165) is 27.6 Å². The Morgan fingerprint density at radius 1 is 1.20 bits per heavy atom. The van der Waals surface area contributed by atoms with Crippen LogP contribution < -0.4 is 4.90 Å². The normalized spacial score (nSPS) is 11.2. The molecule has 0 saturated carbocycles. The van der Waals surface area contributed by atoms with Crippen molar-refractivity contribution in [2.45, 2.75) is 27.3 Å². The minimum absolute atomic E-state index is 0.0704. The molecule has 0 aliphatic heterocycles. The monoisotopic (exact) mass is 352 g/mol. The molecule has 2 aromatic heterocycles. The molecule has 3 rings (SSSR count). The zero-order valence-electron chi connectivity index (χ0n) is 14.5. The lowest BCUT2D eigenvalue weighted by molar-refractivity contribution is -0.114. The second-order valence-electron chi connectivity index (χ2n) is 5.86. The predicted molar refractivity (Wildman–Crippen MR) is 102 cm³/mol. The summed E-state index contributed by atoms with van der Waals surface area (Å²) in [7, 11) is 0. The summed E-state index contributed by atoms with van der Waals surface area (Å²) in [5.74, 6) is 0.670. The van der Waals surface area contributed by atoms with E-state index < -0.39 is 0 Å². The smallest absolute Gasteiger partial charge is 0.251 e. The highest BCUT2D eigenvalue weighted by Crippen LogP contribution is 2.22. The molecule has 0 N–H and O–H groups in total. The summed E-state index contributed by atoms with van der Waals surface area (Å²) >= 11 is 1.63. The lowest BCUT2D eigenvalue weighted by atomic mass is 10.1. The first kappa shape index (κ1) is 17.2. The molecule has 0 radical (unpaired) electrons. The van der Waals surface area contributed by atoms with Crippen LogP contribution in [0.1, 0.15) is 27.5 Å². The van der Waals surface area contributed by atoms with Gasteiger partial charge in [-0.15, -0.1) is 11.3 Å². The minimum Gasteiger partial charge on any atom is -0.361 e. The number of hydrogen-bond acceptors (Lipinski definition) is 4. The van der Waals surface area contributed by atoms with E-state index in [1.807, 2.05) is 68.6 Å². The number of hydrogen-bond donors (Lipinski definition) is 0. The van der Waals surface area contributed by atoms with Crippen molar-refractivity contribution in [1.82, 2.24) is 5.16 Å². The molecule has 1 amide bonds. The number of carbonyl (C=O) groups excluding carboxylic acids is 1. The van der Waals surface area contributed by atoms with Crippen LogP contribution in [-0.2, 0) is 11.3 Å². The zero-order valence-corrected chi connectivity index (χ0v) is 15.3. The van der Waals surface area contributed by atoms with E-state index in [0.29, 0.717) is 6.54 Å². The van der Waals surface area contributed by atoms with E-state index in [2.05, 4.69) is 5.16 Å². The van der Waals surface area contributed by atoms with Gasteiger partial charge in [-0.25, -0.2) is 0 Å². The van der Waals surface area contributed by atoms with E-state index in [1.54, 1.807) is 22.3 Å². The van der Waals surface area contributed by atoms with Gasteiger partial charge < -0.3 is 9.42 Å². The summed E-state index contributed by atoms with van der Waals surface area (Å²) in [6, 6.07) is 11.7. The van der Waals surface area contributed by atoms with Gasteiger partial charge in [-0.05, 0) is 56.0 Å². The van der Waals surface area contributed by atoms with Crippen LogP contribution in [0.4, 0.5) is 5.69 Å². The first-order chi connectivity index (χ1) is 12.1. The quantitative estimate of drug-likeness (QED) is 0.613. The number of thiophene rings is 1. The number of benzene rings is 1. The topological polar surface area (TPSA) is 46.3 Å². The van der Waals surface area contributed by atoms with Crippen LogP contribution in [0.2, 0.25) is 0 Å². The Hall–Kier alpha value is -2.66. The van der Waals surface area contributed by atoms with Crippen LogP contribution in [0, 0.1) is 20.8 Å². The zero-order chi connectivity index (χ0) is 17.8. The van der Waals surface area contributed by atoms with Crippen LogP contribution in [0.25, 0.3) is 6.08 Å². The number of amides is 1. The van der Waals surface area contributed by atoms with Gasteiger partial charge >= 0.3 is 0 Å². The van der Waals surface area contributed by atoms with E-state index in [9.17, 15) is 4.79 Å². The number of aryl methyl sites for hydroxylation is 3. The summed E-state index contributed by atoms with van der Waals surface area (Å²) in [6.45, 7) is 6.23. The maximum atomic E-state index is 12.9. The standard InChI is InChI=1S/C20H20N2O2S/c1-14-11-12-25-19(14)9-10-20(23)22(17-7-5-4-6-8-17)13-18-15(2)21-24-16(18)3/h4-12H,13H2,1-3H3/b10-9+. The van der Waals surface area contributed by atoms with Gasteiger partial charge in [0.25, 0.3) is 5.91 Å². The van der Waals surface area contributed by atoms with E-state index in [-0.39, 0.29) is 5.91 Å². The highest BCUT2D eigenvalue weighted by atomic mass is 32.1. The van der Waals surface area contributed by atoms with Crippen molar-refractivity contribution in [3.05, 3.63) is 75.3 Å². The van der Waals surface area contributed by atoms with E-state index in [1.165, 1.54) is 5.56 Å². The molecular weight excluding hydrogens is 332 g/mol. The molecule has 0 saturated heterocycles. The molecule has 0 bridgehead atoms. The molecule has 25 heavy (non-hydrogen) atoms. The highest BCUT2D eigenvalue weighted by Gasteiger charge is 2.18. The molecule has 4 nitrogen and oxygen atoms in total. The molecule has 0 unspecified atom stereocenters. The van der Waals surface area contributed by atoms with Crippen LogP contribution in [0.15, 0.2) is 52.4 Å². The third-order valence-corrected chi connectivity index (χ3v) is 5.09. The van der Waals surface area contributed by atoms with Crippen molar-refractivity contribution in [3.8, 4) is 0 Å². The summed E-state index contributed by atoms with van der Waals surface area (Å²) in [5, 5.41) is 6.02. The fourth-order valence-electron chi connectivity index (χ4n) is 2.58. The molecule has 128 valence electrons. The molecule has 3 aromatic rings. The maximum absolute atomic E-state index is 12.9. The largest absolute Gasteiger partial charge is 0.361 e. The molecule has 2 heterocycles. The van der Waals surface area contributed by atoms with E-state index in [4.69, 9.17) is 4.52 Å². The van der Waals surface area contributed by atoms with Crippen molar-refractivity contribution in [2.24, 2.45) is 0 Å². The molecule has 0 fully saturated rings. The van der Waals surface area contributed by atoms with Gasteiger partial charge in [0.05, 0.1) is 12.2 Å². The van der Waals surface area contributed by atoms with Crippen molar-refractivity contribution < 1.29 is 9.32 Å². The molecule has 0 aliphatic carbocycles. The minimum atomic E-state index is -0.0704. The number of rotatable bonds is 5. The van der Waals surface area contributed by atoms with Gasteiger partial charge in [0, 0.05) is 22.2 Å². The molecule has 1 aromatic carbocycles. The Bertz CT molecular complexity index is 874. The number of para-hydroxylation sites is 1. The summed E-state index contributed by atoms with van der Waals surface area (Å²) < 4.78 is 5.24. The van der Waals surface area contributed by atoms with Crippen LogP contribution in [0.3, 0.4) is 0 Å².